The van der Waals surface area contributed by atoms with Gasteiger partial charge < -0.3 is 25.4 Å². The van der Waals surface area contributed by atoms with Crippen molar-refractivity contribution in [3.05, 3.63) is 126 Å². The molecule has 0 radical (unpaired) electrons. The maximum absolute atomic E-state index is 13.7. The molecule has 0 spiro atoms. The number of rotatable bonds is 9. The van der Waals surface area contributed by atoms with Crippen LogP contribution in [0.2, 0.25) is 0 Å². The van der Waals surface area contributed by atoms with Gasteiger partial charge in [-0.05, 0) is 60.3 Å². The van der Waals surface area contributed by atoms with Gasteiger partial charge in [-0.2, -0.15) is 0 Å². The minimum atomic E-state index is -0.382. The Bertz CT molecular complexity index is 1890. The van der Waals surface area contributed by atoms with E-state index in [1.165, 1.54) is 16.7 Å². The smallest absolute Gasteiger partial charge is 0.323 e. The highest BCUT2D eigenvalue weighted by molar-refractivity contribution is 6.06. The zero-order chi connectivity index (χ0) is 34.3. The fraction of sp³-hybridized carbons (Fsp3) is 0.268. The van der Waals surface area contributed by atoms with E-state index in [0.29, 0.717) is 35.8 Å². The number of carbonyl (C=O) groups is 2. The van der Waals surface area contributed by atoms with Crippen molar-refractivity contribution in [2.24, 2.45) is 5.92 Å². The van der Waals surface area contributed by atoms with Crippen molar-refractivity contribution >= 4 is 34.1 Å². The van der Waals surface area contributed by atoms with Crippen LogP contribution in [0.15, 0.2) is 115 Å². The summed E-state index contributed by atoms with van der Waals surface area (Å²) in [6.07, 6.45) is -0.150. The van der Waals surface area contributed by atoms with E-state index in [-0.39, 0.29) is 43.0 Å². The van der Waals surface area contributed by atoms with Crippen LogP contribution in [0.5, 0.6) is 5.75 Å². The molecule has 3 amide bonds. The first-order chi connectivity index (χ1) is 23.8. The highest BCUT2D eigenvalue weighted by Crippen LogP contribution is 2.30. The molecule has 0 aromatic heterocycles. The first kappa shape index (κ1) is 33.7. The number of hydrogen-bond acceptors (Lipinski definition) is 5. The Morgan fingerprint density at radius 2 is 1.63 bits per heavy atom. The molecule has 0 bridgehead atoms. The van der Waals surface area contributed by atoms with Crippen LogP contribution in [0.25, 0.3) is 21.9 Å². The second-order valence-corrected chi connectivity index (χ2v) is 13.1. The number of anilines is 2. The van der Waals surface area contributed by atoms with Gasteiger partial charge in [-0.15, -0.1) is 0 Å². The summed E-state index contributed by atoms with van der Waals surface area (Å²) in [5.41, 5.74) is 5.50. The molecule has 1 heterocycles. The largest absolute Gasteiger partial charge is 0.488 e. The molecule has 0 saturated heterocycles. The van der Waals surface area contributed by atoms with E-state index >= 15 is 0 Å². The molecule has 0 saturated carbocycles. The summed E-state index contributed by atoms with van der Waals surface area (Å²) in [5, 5.41) is 17.9. The number of aliphatic hydroxyl groups is 1. The van der Waals surface area contributed by atoms with Crippen LogP contribution >= 0.6 is 0 Å². The molecule has 5 aromatic rings. The number of aliphatic hydroxyl groups excluding tert-OH is 1. The number of benzene rings is 5. The number of carbonyl (C=O) groups excluding carboxylic acids is 2. The number of amides is 3. The summed E-state index contributed by atoms with van der Waals surface area (Å²) in [4.78, 5) is 30.8. The Morgan fingerprint density at radius 3 is 2.41 bits per heavy atom. The van der Waals surface area contributed by atoms with Crippen LogP contribution in [-0.4, -0.2) is 65.7 Å². The lowest BCUT2D eigenvalue weighted by Crippen LogP contribution is -2.47. The van der Waals surface area contributed by atoms with E-state index in [9.17, 15) is 14.7 Å². The molecule has 6 rings (SSSR count). The van der Waals surface area contributed by atoms with E-state index in [1.54, 1.807) is 11.0 Å². The Kier molecular flexibility index (Phi) is 10.6. The van der Waals surface area contributed by atoms with Gasteiger partial charge >= 0.3 is 6.03 Å². The Morgan fingerprint density at radius 1 is 0.918 bits per heavy atom. The zero-order valence-corrected chi connectivity index (χ0v) is 28.3. The fourth-order valence-corrected chi connectivity index (χ4v) is 6.46. The molecule has 8 heteroatoms. The molecule has 49 heavy (non-hydrogen) atoms. The number of likely N-dealkylation sites (N-methyl/N-ethyl adjacent to an activating group) is 1. The predicted molar refractivity (Wildman–Crippen MR) is 197 cm³/mol. The third-order valence-corrected chi connectivity index (χ3v) is 9.22. The molecule has 5 aromatic carbocycles. The first-order valence-corrected chi connectivity index (χ1v) is 16.9. The van der Waals surface area contributed by atoms with E-state index < -0.39 is 0 Å². The maximum Gasteiger partial charge on any atom is 0.323 e. The monoisotopic (exact) mass is 656 g/mol. The minimum absolute atomic E-state index is 0.0175. The van der Waals surface area contributed by atoms with E-state index in [1.807, 2.05) is 79.7 Å². The van der Waals surface area contributed by atoms with Crippen LogP contribution in [-0.2, 0) is 17.8 Å². The molecule has 8 nitrogen and oxygen atoms in total. The molecule has 0 unspecified atom stereocenters. The van der Waals surface area contributed by atoms with Crippen LogP contribution < -0.4 is 15.4 Å². The topological polar surface area (TPSA) is 94.1 Å². The van der Waals surface area contributed by atoms with Gasteiger partial charge in [-0.25, -0.2) is 4.79 Å². The molecule has 0 fully saturated rings. The summed E-state index contributed by atoms with van der Waals surface area (Å²) in [7, 11) is 2.08. The first-order valence-electron chi connectivity index (χ1n) is 16.9. The SMILES string of the molecule is C[C@H](CO)N1C[C@H](C)[C@H](CN(C)Cc2ccc(-c3ccccc3)cc2)Oc2ccc(NC(=O)Nc3cccc4ccccc34)cc2CC1=O. The number of urea groups is 1. The minimum Gasteiger partial charge on any atom is -0.488 e. The van der Waals surface area contributed by atoms with Gasteiger partial charge in [0.25, 0.3) is 0 Å². The molecule has 3 N–H and O–H groups in total. The normalized spacial score (nSPS) is 17.0. The molecule has 1 aliphatic heterocycles. The highest BCUT2D eigenvalue weighted by Gasteiger charge is 2.31. The standard InChI is InChI=1S/C41H44N4O4/c1-28-24-45(29(2)27-46)40(47)23-34-22-35(42-41(48)43-37-15-9-13-33-12-7-8-14-36(33)37)20-21-38(34)49-39(28)26-44(3)25-30-16-18-32(19-17-30)31-10-5-4-6-11-31/h4-22,28-29,39,46H,23-27H2,1-3H3,(H2,42,43,48)/t28-,29+,39-/m0/s1. The van der Waals surface area contributed by atoms with Crippen LogP contribution in [0.4, 0.5) is 16.2 Å². The predicted octanol–water partition coefficient (Wildman–Crippen LogP) is 7.43. The van der Waals surface area contributed by atoms with Gasteiger partial charge in [0, 0.05) is 42.2 Å². The lowest BCUT2D eigenvalue weighted by molar-refractivity contribution is -0.134. The number of fused-ring (bicyclic) bond motifs is 2. The number of ether oxygens (including phenoxy) is 1. The van der Waals surface area contributed by atoms with Gasteiger partial charge in [-0.1, -0.05) is 97.9 Å². The number of nitrogens with zero attached hydrogens (tertiary/aromatic N) is 2. The average Bonchev–Trinajstić information content (AvgIpc) is 3.15. The van der Waals surface area contributed by atoms with Crippen molar-refractivity contribution in [1.29, 1.82) is 0 Å². The van der Waals surface area contributed by atoms with Gasteiger partial charge in [0.2, 0.25) is 5.91 Å². The van der Waals surface area contributed by atoms with Gasteiger partial charge in [0.1, 0.15) is 11.9 Å². The lowest BCUT2D eigenvalue weighted by atomic mass is 10.0. The van der Waals surface area contributed by atoms with Crippen LogP contribution in [0.3, 0.4) is 0 Å². The maximum atomic E-state index is 13.7. The molecular weight excluding hydrogens is 612 g/mol. The number of hydrogen-bond donors (Lipinski definition) is 3. The van der Waals surface area contributed by atoms with Crippen LogP contribution in [0, 0.1) is 5.92 Å². The van der Waals surface area contributed by atoms with E-state index in [0.717, 1.165) is 17.3 Å². The van der Waals surface area contributed by atoms with Crippen LogP contribution in [0.1, 0.15) is 25.0 Å². The molecule has 0 aliphatic carbocycles. The summed E-state index contributed by atoms with van der Waals surface area (Å²) >= 11 is 0. The zero-order valence-electron chi connectivity index (χ0n) is 28.3. The third-order valence-electron chi connectivity index (χ3n) is 9.22. The molecular formula is C41H44N4O4. The van der Waals surface area contributed by atoms with Crippen molar-refractivity contribution in [2.45, 2.75) is 39.0 Å². The molecule has 1 aliphatic rings. The van der Waals surface area contributed by atoms with E-state index in [2.05, 4.69) is 65.9 Å². The third kappa shape index (κ3) is 8.28. The van der Waals surface area contributed by atoms with Crippen molar-refractivity contribution in [3.63, 3.8) is 0 Å². The van der Waals surface area contributed by atoms with Crippen molar-refractivity contribution in [2.75, 3.05) is 37.4 Å². The summed E-state index contributed by atoms with van der Waals surface area (Å²) in [5.74, 6) is 0.503. The lowest BCUT2D eigenvalue weighted by Gasteiger charge is -2.34. The molecule has 3 atom stereocenters. The summed E-state index contributed by atoms with van der Waals surface area (Å²) < 4.78 is 6.72. The second kappa shape index (κ2) is 15.4. The van der Waals surface area contributed by atoms with Gasteiger partial charge in [0.05, 0.1) is 24.8 Å². The summed E-state index contributed by atoms with van der Waals surface area (Å²) in [6.45, 7) is 5.64. The highest BCUT2D eigenvalue weighted by atomic mass is 16.5. The Labute approximate surface area is 288 Å². The fourth-order valence-electron chi connectivity index (χ4n) is 6.46. The van der Waals surface area contributed by atoms with Crippen molar-refractivity contribution in [3.8, 4) is 16.9 Å². The second-order valence-electron chi connectivity index (χ2n) is 13.1. The van der Waals surface area contributed by atoms with Crippen molar-refractivity contribution in [1.82, 2.24) is 9.80 Å². The van der Waals surface area contributed by atoms with Crippen molar-refractivity contribution < 1.29 is 19.4 Å². The van der Waals surface area contributed by atoms with Gasteiger partial charge in [0.15, 0.2) is 0 Å². The number of nitrogens with one attached hydrogen (secondary N) is 2. The average molecular weight is 657 g/mol. The summed E-state index contributed by atoms with van der Waals surface area (Å²) in [6, 6.07) is 37.4. The molecule has 252 valence electrons. The van der Waals surface area contributed by atoms with E-state index in [4.69, 9.17) is 4.74 Å². The Hall–Kier alpha value is -5.18. The quantitative estimate of drug-likeness (QED) is 0.153. The van der Waals surface area contributed by atoms with Gasteiger partial charge in [-0.3, -0.25) is 9.69 Å². The Balaban J connectivity index is 1.19.